The van der Waals surface area contributed by atoms with E-state index < -0.39 is 6.17 Å². The Kier molecular flexibility index (Phi) is 4.47. The first-order valence-electron chi connectivity index (χ1n) is 6.66. The number of carbonyl (C=O) groups excluding carboxylic acids is 1. The normalized spacial score (nSPS) is 22.3. The van der Waals surface area contributed by atoms with Crippen LogP contribution in [0.2, 0.25) is 0 Å². The Hall–Kier alpha value is -1.49. The summed E-state index contributed by atoms with van der Waals surface area (Å²) < 4.78 is 13.2. The molecular formula is C14H20FN3O. The van der Waals surface area contributed by atoms with Crippen LogP contribution in [-0.4, -0.2) is 41.6 Å². The lowest BCUT2D eigenvalue weighted by Crippen LogP contribution is -2.40. The first-order valence-corrected chi connectivity index (χ1v) is 6.66. The largest absolute Gasteiger partial charge is 0.339 e. The van der Waals surface area contributed by atoms with Crippen LogP contribution in [0, 0.1) is 5.92 Å². The van der Waals surface area contributed by atoms with Crippen LogP contribution in [0.5, 0.6) is 0 Å². The van der Waals surface area contributed by atoms with Gasteiger partial charge in [0.1, 0.15) is 6.17 Å². The van der Waals surface area contributed by atoms with E-state index in [1.165, 1.54) is 0 Å². The first kappa shape index (κ1) is 13.9. The van der Waals surface area contributed by atoms with E-state index in [9.17, 15) is 9.18 Å². The molecule has 104 valence electrons. The van der Waals surface area contributed by atoms with Gasteiger partial charge in [-0.25, -0.2) is 4.39 Å². The highest BCUT2D eigenvalue weighted by atomic mass is 19.1. The van der Waals surface area contributed by atoms with Crippen molar-refractivity contribution in [3.05, 3.63) is 30.1 Å². The third kappa shape index (κ3) is 3.10. The van der Waals surface area contributed by atoms with E-state index in [0.717, 1.165) is 5.56 Å². The number of rotatable bonds is 4. The van der Waals surface area contributed by atoms with Crippen molar-refractivity contribution >= 4 is 5.91 Å². The highest BCUT2D eigenvalue weighted by Crippen LogP contribution is 2.26. The number of carbonyl (C=O) groups is 1. The van der Waals surface area contributed by atoms with Crippen LogP contribution in [0.4, 0.5) is 4.39 Å². The zero-order chi connectivity index (χ0) is 13.8. The number of nitrogens with zero attached hydrogens (tertiary/aromatic N) is 2. The summed E-state index contributed by atoms with van der Waals surface area (Å²) in [4.78, 5) is 18.0. The number of nitrogens with two attached hydrogens (primary N) is 1. The Labute approximate surface area is 112 Å². The Balaban J connectivity index is 2.09. The number of hydrogen-bond acceptors (Lipinski definition) is 3. The smallest absolute Gasteiger partial charge is 0.227 e. The predicted octanol–water partition coefficient (Wildman–Crippen LogP) is 1.33. The van der Waals surface area contributed by atoms with Gasteiger partial charge in [0.2, 0.25) is 5.91 Å². The molecule has 0 aromatic carbocycles. The van der Waals surface area contributed by atoms with Gasteiger partial charge in [-0.3, -0.25) is 9.78 Å². The molecule has 0 aliphatic carbocycles. The SMILES string of the molecule is CC(c1ccncc1)C(CN)C(=O)N1CC[C@H](F)C1. The Bertz CT molecular complexity index is 426. The molecule has 2 heterocycles. The van der Waals surface area contributed by atoms with E-state index in [2.05, 4.69) is 4.98 Å². The number of halogens is 1. The fraction of sp³-hybridized carbons (Fsp3) is 0.571. The van der Waals surface area contributed by atoms with Crippen molar-refractivity contribution in [2.75, 3.05) is 19.6 Å². The summed E-state index contributed by atoms with van der Waals surface area (Å²) in [5, 5.41) is 0. The minimum Gasteiger partial charge on any atom is -0.339 e. The lowest BCUT2D eigenvalue weighted by atomic mass is 9.87. The number of likely N-dealkylation sites (tertiary alicyclic amines) is 1. The third-order valence-corrected chi connectivity index (χ3v) is 3.85. The number of alkyl halides is 1. The maximum atomic E-state index is 13.2. The second-order valence-electron chi connectivity index (χ2n) is 5.08. The molecule has 3 atom stereocenters. The lowest BCUT2D eigenvalue weighted by molar-refractivity contribution is -0.135. The van der Waals surface area contributed by atoms with E-state index in [0.29, 0.717) is 13.0 Å². The van der Waals surface area contributed by atoms with Crippen molar-refractivity contribution < 1.29 is 9.18 Å². The van der Waals surface area contributed by atoms with Crippen molar-refractivity contribution in [3.8, 4) is 0 Å². The summed E-state index contributed by atoms with van der Waals surface area (Å²) in [6.45, 7) is 2.96. The molecule has 2 unspecified atom stereocenters. The molecule has 2 N–H and O–H groups in total. The van der Waals surface area contributed by atoms with Crippen molar-refractivity contribution in [2.24, 2.45) is 11.7 Å². The van der Waals surface area contributed by atoms with Crippen LogP contribution in [0.1, 0.15) is 24.8 Å². The van der Waals surface area contributed by atoms with Crippen molar-refractivity contribution in [1.29, 1.82) is 0 Å². The molecule has 0 bridgehead atoms. The number of amides is 1. The van der Waals surface area contributed by atoms with Crippen molar-refractivity contribution in [3.63, 3.8) is 0 Å². The van der Waals surface area contributed by atoms with Gasteiger partial charge in [-0.05, 0) is 30.0 Å². The molecule has 0 spiro atoms. The minimum atomic E-state index is -0.890. The fourth-order valence-electron chi connectivity index (χ4n) is 2.57. The fourth-order valence-corrected chi connectivity index (χ4v) is 2.57. The number of aromatic nitrogens is 1. The molecule has 0 radical (unpaired) electrons. The second kappa shape index (κ2) is 6.10. The van der Waals surface area contributed by atoms with Gasteiger partial charge in [-0.2, -0.15) is 0 Å². The molecule has 2 rings (SSSR count). The van der Waals surface area contributed by atoms with Crippen LogP contribution in [0.3, 0.4) is 0 Å². The monoisotopic (exact) mass is 265 g/mol. The van der Waals surface area contributed by atoms with Crippen LogP contribution in [0.25, 0.3) is 0 Å². The molecule has 1 saturated heterocycles. The minimum absolute atomic E-state index is 0.0131. The van der Waals surface area contributed by atoms with Gasteiger partial charge in [-0.15, -0.1) is 0 Å². The van der Waals surface area contributed by atoms with Gasteiger partial charge < -0.3 is 10.6 Å². The molecule has 4 nitrogen and oxygen atoms in total. The topological polar surface area (TPSA) is 59.2 Å². The predicted molar refractivity (Wildman–Crippen MR) is 71.3 cm³/mol. The van der Waals surface area contributed by atoms with Gasteiger partial charge >= 0.3 is 0 Å². The molecule has 5 heteroatoms. The molecule has 1 fully saturated rings. The standard InChI is InChI=1S/C14H20FN3O/c1-10(11-2-5-17-6-3-11)13(8-16)14(19)18-7-4-12(15)9-18/h2-3,5-6,10,12-13H,4,7-9,16H2,1H3/t10?,12-,13?/m0/s1. The van der Waals surface area contributed by atoms with Gasteiger partial charge in [0.25, 0.3) is 0 Å². The zero-order valence-electron chi connectivity index (χ0n) is 11.1. The van der Waals surface area contributed by atoms with Gasteiger partial charge in [0, 0.05) is 25.5 Å². The van der Waals surface area contributed by atoms with Gasteiger partial charge in [-0.1, -0.05) is 6.92 Å². The summed E-state index contributed by atoms with van der Waals surface area (Å²) >= 11 is 0. The first-order chi connectivity index (χ1) is 9.13. The Morgan fingerprint density at radius 3 is 2.79 bits per heavy atom. The van der Waals surface area contributed by atoms with Crippen molar-refractivity contribution in [1.82, 2.24) is 9.88 Å². The average molecular weight is 265 g/mol. The Morgan fingerprint density at radius 1 is 1.58 bits per heavy atom. The number of pyridine rings is 1. The summed E-state index contributed by atoms with van der Waals surface area (Å²) in [6, 6.07) is 3.78. The molecule has 1 aromatic rings. The van der Waals surface area contributed by atoms with Gasteiger partial charge in [0.05, 0.1) is 12.5 Å². The molecule has 1 aliphatic rings. The highest BCUT2D eigenvalue weighted by molar-refractivity contribution is 5.80. The molecule has 1 amide bonds. The van der Waals surface area contributed by atoms with Crippen LogP contribution >= 0.6 is 0 Å². The summed E-state index contributed by atoms with van der Waals surface area (Å²) in [6.07, 6.45) is 2.96. The van der Waals surface area contributed by atoms with E-state index in [4.69, 9.17) is 5.73 Å². The van der Waals surface area contributed by atoms with E-state index in [1.54, 1.807) is 17.3 Å². The average Bonchev–Trinajstić information content (AvgIpc) is 2.87. The maximum Gasteiger partial charge on any atom is 0.227 e. The Morgan fingerprint density at radius 2 is 2.26 bits per heavy atom. The molecular weight excluding hydrogens is 245 g/mol. The molecule has 0 saturated carbocycles. The lowest BCUT2D eigenvalue weighted by Gasteiger charge is -2.26. The van der Waals surface area contributed by atoms with E-state index >= 15 is 0 Å². The van der Waals surface area contributed by atoms with Crippen LogP contribution in [0.15, 0.2) is 24.5 Å². The zero-order valence-corrected chi connectivity index (χ0v) is 11.1. The molecule has 1 aromatic heterocycles. The highest BCUT2D eigenvalue weighted by Gasteiger charge is 2.33. The summed E-state index contributed by atoms with van der Waals surface area (Å²) in [7, 11) is 0. The van der Waals surface area contributed by atoms with E-state index in [-0.39, 0.29) is 30.8 Å². The summed E-state index contributed by atoms with van der Waals surface area (Å²) in [5.74, 6) is -0.321. The second-order valence-corrected chi connectivity index (χ2v) is 5.08. The van der Waals surface area contributed by atoms with Crippen molar-refractivity contribution in [2.45, 2.75) is 25.4 Å². The molecule has 1 aliphatic heterocycles. The number of hydrogen-bond donors (Lipinski definition) is 1. The van der Waals surface area contributed by atoms with E-state index in [1.807, 2.05) is 19.1 Å². The third-order valence-electron chi connectivity index (χ3n) is 3.85. The quantitative estimate of drug-likeness (QED) is 0.893. The molecule has 19 heavy (non-hydrogen) atoms. The van der Waals surface area contributed by atoms with Crippen LogP contribution < -0.4 is 5.73 Å². The van der Waals surface area contributed by atoms with Crippen LogP contribution in [-0.2, 0) is 4.79 Å². The maximum absolute atomic E-state index is 13.2. The summed E-state index contributed by atoms with van der Waals surface area (Å²) in [5.41, 5.74) is 6.79. The van der Waals surface area contributed by atoms with Gasteiger partial charge in [0.15, 0.2) is 0 Å².